The highest BCUT2D eigenvalue weighted by Crippen LogP contribution is 2.48. The Bertz CT molecular complexity index is 776. The monoisotopic (exact) mass is 358 g/mol. The van der Waals surface area contributed by atoms with Crippen molar-refractivity contribution in [2.45, 2.75) is 25.0 Å². The van der Waals surface area contributed by atoms with Gasteiger partial charge in [-0.1, -0.05) is 42.1 Å². The Morgan fingerprint density at radius 3 is 2.20 bits per heavy atom. The standard InChI is InChI=1S/C18H18N2O4S/c1-10(21)20(11(2)22)14-9-13(12-7-5-4-6-8-12)15-16(25-14)18(24)19(3)17(15)23/h4-9,13,15-16H,1-3H3/t13-,15+,16-/m0/s1. The number of likely N-dealkylation sites (tertiary alicyclic amines) is 1. The van der Waals surface area contributed by atoms with Gasteiger partial charge in [0.25, 0.3) is 0 Å². The number of hydrogen-bond donors (Lipinski definition) is 0. The van der Waals surface area contributed by atoms with Gasteiger partial charge in [-0.15, -0.1) is 0 Å². The maximum absolute atomic E-state index is 12.6. The van der Waals surface area contributed by atoms with Crippen LogP contribution < -0.4 is 0 Å². The van der Waals surface area contributed by atoms with E-state index in [1.165, 1.54) is 20.9 Å². The van der Waals surface area contributed by atoms with E-state index in [4.69, 9.17) is 0 Å². The predicted molar refractivity (Wildman–Crippen MR) is 93.1 cm³/mol. The van der Waals surface area contributed by atoms with Crippen LogP contribution in [0.4, 0.5) is 0 Å². The summed E-state index contributed by atoms with van der Waals surface area (Å²) in [5.74, 6) is -2.26. The first-order valence-electron chi connectivity index (χ1n) is 7.89. The summed E-state index contributed by atoms with van der Waals surface area (Å²) < 4.78 is 0. The van der Waals surface area contributed by atoms with Crippen LogP contribution >= 0.6 is 11.8 Å². The fourth-order valence-electron chi connectivity index (χ4n) is 3.34. The number of rotatable bonds is 2. The molecule has 1 saturated heterocycles. The molecule has 3 rings (SSSR count). The third-order valence-corrected chi connectivity index (χ3v) is 5.82. The lowest BCUT2D eigenvalue weighted by Crippen LogP contribution is -2.37. The van der Waals surface area contributed by atoms with Crippen molar-refractivity contribution in [3.8, 4) is 0 Å². The molecular weight excluding hydrogens is 340 g/mol. The zero-order valence-electron chi connectivity index (χ0n) is 14.1. The summed E-state index contributed by atoms with van der Waals surface area (Å²) >= 11 is 1.11. The van der Waals surface area contributed by atoms with Crippen LogP contribution in [-0.4, -0.2) is 45.7 Å². The number of nitrogens with zero attached hydrogens (tertiary/aromatic N) is 2. The van der Waals surface area contributed by atoms with E-state index in [0.29, 0.717) is 5.03 Å². The molecule has 1 aromatic carbocycles. The fourth-order valence-corrected chi connectivity index (χ4v) is 4.88. The number of fused-ring (bicyclic) bond motifs is 1. The van der Waals surface area contributed by atoms with Gasteiger partial charge in [0.15, 0.2) is 0 Å². The van der Waals surface area contributed by atoms with Crippen LogP contribution in [0.5, 0.6) is 0 Å². The van der Waals surface area contributed by atoms with E-state index in [-0.39, 0.29) is 17.7 Å². The minimum Gasteiger partial charge on any atom is -0.284 e. The molecule has 130 valence electrons. The molecule has 6 nitrogen and oxygen atoms in total. The molecule has 0 radical (unpaired) electrons. The molecule has 0 unspecified atom stereocenters. The summed E-state index contributed by atoms with van der Waals surface area (Å²) in [5, 5.41) is -0.226. The Labute approximate surface area is 149 Å². The molecule has 25 heavy (non-hydrogen) atoms. The predicted octanol–water partition coefficient (Wildman–Crippen LogP) is 1.74. The van der Waals surface area contributed by atoms with Gasteiger partial charge in [-0.3, -0.25) is 24.1 Å². The first-order valence-corrected chi connectivity index (χ1v) is 8.77. The fraction of sp³-hybridized carbons (Fsp3) is 0.333. The maximum Gasteiger partial charge on any atom is 0.243 e. The van der Waals surface area contributed by atoms with Gasteiger partial charge in [0.05, 0.1) is 10.9 Å². The number of benzene rings is 1. The SMILES string of the molecule is CC(=O)N(C(C)=O)C1=C[C@@H](c2ccccc2)[C@H]2C(=O)N(C)C(=O)[C@H]2S1. The largest absolute Gasteiger partial charge is 0.284 e. The first-order chi connectivity index (χ1) is 11.8. The molecule has 2 heterocycles. The molecule has 1 aromatic rings. The van der Waals surface area contributed by atoms with Gasteiger partial charge in [-0.2, -0.15) is 0 Å². The average molecular weight is 358 g/mol. The topological polar surface area (TPSA) is 74.8 Å². The molecule has 4 amide bonds. The second kappa shape index (κ2) is 6.48. The van der Waals surface area contributed by atoms with Crippen LogP contribution in [0, 0.1) is 5.92 Å². The minimum atomic E-state index is -0.635. The molecule has 2 aliphatic heterocycles. The number of carbonyl (C=O) groups is 4. The Balaban J connectivity index is 2.12. The number of thioether (sulfide) groups is 1. The molecule has 0 aromatic heterocycles. The van der Waals surface area contributed by atoms with Crippen molar-refractivity contribution in [2.24, 2.45) is 5.92 Å². The molecular formula is C18H18N2O4S. The Morgan fingerprint density at radius 2 is 1.64 bits per heavy atom. The van der Waals surface area contributed by atoms with Crippen LogP contribution in [-0.2, 0) is 19.2 Å². The van der Waals surface area contributed by atoms with Crippen LogP contribution in [0.2, 0.25) is 0 Å². The molecule has 0 bridgehead atoms. The van der Waals surface area contributed by atoms with Crippen molar-refractivity contribution in [3.05, 3.63) is 47.0 Å². The van der Waals surface area contributed by atoms with E-state index in [9.17, 15) is 19.2 Å². The summed E-state index contributed by atoms with van der Waals surface area (Å²) in [6.45, 7) is 2.61. The highest BCUT2D eigenvalue weighted by Gasteiger charge is 2.53. The van der Waals surface area contributed by atoms with Crippen molar-refractivity contribution >= 4 is 35.4 Å². The molecule has 0 aliphatic carbocycles. The van der Waals surface area contributed by atoms with E-state index in [0.717, 1.165) is 27.1 Å². The molecule has 3 atom stereocenters. The van der Waals surface area contributed by atoms with Gasteiger partial charge < -0.3 is 0 Å². The number of carbonyl (C=O) groups excluding carboxylic acids is 4. The molecule has 2 aliphatic rings. The quantitative estimate of drug-likeness (QED) is 0.753. The third-order valence-electron chi connectivity index (χ3n) is 4.51. The third kappa shape index (κ3) is 2.89. The van der Waals surface area contributed by atoms with E-state index in [1.807, 2.05) is 30.3 Å². The van der Waals surface area contributed by atoms with Gasteiger partial charge in [-0.05, 0) is 11.6 Å². The number of hydrogen-bond acceptors (Lipinski definition) is 5. The second-order valence-corrected chi connectivity index (χ2v) is 7.28. The maximum atomic E-state index is 12.6. The summed E-state index contributed by atoms with van der Waals surface area (Å²) in [5.41, 5.74) is 0.874. The minimum absolute atomic E-state index is 0.233. The van der Waals surface area contributed by atoms with Crippen molar-refractivity contribution in [2.75, 3.05) is 7.05 Å². The van der Waals surface area contributed by atoms with Crippen LogP contribution in [0.1, 0.15) is 25.3 Å². The number of allylic oxidation sites excluding steroid dienone is 1. The molecule has 0 saturated carbocycles. The summed E-state index contributed by atoms with van der Waals surface area (Å²) in [7, 11) is 1.47. The lowest BCUT2D eigenvalue weighted by Gasteiger charge is -2.32. The molecule has 0 N–H and O–H groups in total. The van der Waals surface area contributed by atoms with Crippen LogP contribution in [0.25, 0.3) is 0 Å². The van der Waals surface area contributed by atoms with Gasteiger partial charge >= 0.3 is 0 Å². The zero-order chi connectivity index (χ0) is 18.3. The van der Waals surface area contributed by atoms with Gasteiger partial charge in [0, 0.05) is 26.8 Å². The van der Waals surface area contributed by atoms with Gasteiger partial charge in [-0.25, -0.2) is 4.90 Å². The molecule has 7 heteroatoms. The van der Waals surface area contributed by atoms with Crippen molar-refractivity contribution in [3.63, 3.8) is 0 Å². The Hall–Kier alpha value is -2.41. The van der Waals surface area contributed by atoms with E-state index in [1.54, 1.807) is 6.08 Å². The molecule has 0 spiro atoms. The van der Waals surface area contributed by atoms with Crippen LogP contribution in [0.15, 0.2) is 41.4 Å². The van der Waals surface area contributed by atoms with Crippen LogP contribution in [0.3, 0.4) is 0 Å². The summed E-state index contributed by atoms with van der Waals surface area (Å²) in [6, 6.07) is 9.35. The first kappa shape index (κ1) is 17.4. The second-order valence-electron chi connectivity index (χ2n) is 6.11. The molecule has 1 fully saturated rings. The lowest BCUT2D eigenvalue weighted by atomic mass is 9.84. The van der Waals surface area contributed by atoms with E-state index >= 15 is 0 Å². The Kier molecular flexibility index (Phi) is 4.51. The number of imide groups is 2. The average Bonchev–Trinajstić information content (AvgIpc) is 2.79. The zero-order valence-corrected chi connectivity index (χ0v) is 14.9. The highest BCUT2D eigenvalue weighted by molar-refractivity contribution is 8.04. The summed E-state index contributed by atoms with van der Waals surface area (Å²) in [4.78, 5) is 51.1. The van der Waals surface area contributed by atoms with E-state index in [2.05, 4.69) is 0 Å². The van der Waals surface area contributed by atoms with Gasteiger partial charge in [0.2, 0.25) is 23.6 Å². The summed E-state index contributed by atoms with van der Waals surface area (Å²) in [6.07, 6.45) is 1.76. The van der Waals surface area contributed by atoms with Crippen molar-refractivity contribution < 1.29 is 19.2 Å². The van der Waals surface area contributed by atoms with E-state index < -0.39 is 23.0 Å². The Morgan fingerprint density at radius 1 is 1.04 bits per heavy atom. The van der Waals surface area contributed by atoms with Crippen molar-refractivity contribution in [1.29, 1.82) is 0 Å². The smallest absolute Gasteiger partial charge is 0.243 e. The highest BCUT2D eigenvalue weighted by atomic mass is 32.2. The number of amides is 4. The lowest BCUT2D eigenvalue weighted by molar-refractivity contribution is -0.140. The van der Waals surface area contributed by atoms with Gasteiger partial charge in [0.1, 0.15) is 5.25 Å². The normalized spacial score (nSPS) is 25.5. The van der Waals surface area contributed by atoms with Crippen molar-refractivity contribution in [1.82, 2.24) is 9.80 Å².